The van der Waals surface area contributed by atoms with Crippen molar-refractivity contribution < 1.29 is 9.13 Å². The van der Waals surface area contributed by atoms with E-state index in [2.05, 4.69) is 10.3 Å². The molecule has 1 atom stereocenters. The van der Waals surface area contributed by atoms with Gasteiger partial charge in [0, 0.05) is 13.7 Å². The van der Waals surface area contributed by atoms with Crippen molar-refractivity contribution in [2.75, 3.05) is 20.2 Å². The fourth-order valence-corrected chi connectivity index (χ4v) is 2.18. The Kier molecular flexibility index (Phi) is 7.95. The van der Waals surface area contributed by atoms with Crippen LogP contribution in [0.15, 0.2) is 29.3 Å². The molecular formula is C15H23FIN3O. The van der Waals surface area contributed by atoms with Crippen LogP contribution >= 0.6 is 24.0 Å². The lowest BCUT2D eigenvalue weighted by Gasteiger charge is -2.25. The van der Waals surface area contributed by atoms with Gasteiger partial charge in [0.15, 0.2) is 5.96 Å². The number of guanidine groups is 1. The Morgan fingerprint density at radius 1 is 1.43 bits per heavy atom. The average molecular weight is 407 g/mol. The van der Waals surface area contributed by atoms with E-state index >= 15 is 0 Å². The molecule has 1 aliphatic carbocycles. The van der Waals surface area contributed by atoms with Crippen LogP contribution in [0.1, 0.15) is 30.9 Å². The Hall–Kier alpha value is -0.890. The van der Waals surface area contributed by atoms with E-state index in [9.17, 15) is 4.39 Å². The van der Waals surface area contributed by atoms with Crippen LogP contribution in [-0.2, 0) is 4.74 Å². The van der Waals surface area contributed by atoms with Gasteiger partial charge in [-0.05, 0) is 36.5 Å². The molecule has 21 heavy (non-hydrogen) atoms. The topological polar surface area (TPSA) is 59.6 Å². The number of hydrogen-bond donors (Lipinski definition) is 2. The maximum atomic E-state index is 12.9. The standard InChI is InChI=1S/C15H22FN3O.HI/c1-20-14(12-5-7-13(16)8-6-12)10-19-15(17)18-9-11-3-2-4-11;/h5-8,11,14H,2-4,9-10H2,1H3,(H3,17,18,19);1H. The van der Waals surface area contributed by atoms with Crippen LogP contribution in [0.5, 0.6) is 0 Å². The molecule has 0 aromatic heterocycles. The Morgan fingerprint density at radius 2 is 2.10 bits per heavy atom. The summed E-state index contributed by atoms with van der Waals surface area (Å²) in [6.45, 7) is 1.31. The first-order valence-corrected chi connectivity index (χ1v) is 7.01. The maximum Gasteiger partial charge on any atom is 0.188 e. The summed E-state index contributed by atoms with van der Waals surface area (Å²) >= 11 is 0. The molecule has 0 spiro atoms. The van der Waals surface area contributed by atoms with Crippen molar-refractivity contribution in [1.82, 2.24) is 5.32 Å². The molecule has 4 nitrogen and oxygen atoms in total. The number of hydrogen-bond acceptors (Lipinski definition) is 2. The summed E-state index contributed by atoms with van der Waals surface area (Å²) in [7, 11) is 1.61. The summed E-state index contributed by atoms with van der Waals surface area (Å²) < 4.78 is 18.3. The second kappa shape index (κ2) is 9.19. The van der Waals surface area contributed by atoms with E-state index in [4.69, 9.17) is 10.5 Å². The van der Waals surface area contributed by atoms with Crippen molar-refractivity contribution in [3.8, 4) is 0 Å². The van der Waals surface area contributed by atoms with Gasteiger partial charge < -0.3 is 15.8 Å². The predicted octanol–water partition coefficient (Wildman–Crippen LogP) is 2.84. The third-order valence-corrected chi connectivity index (χ3v) is 3.75. The number of nitrogens with two attached hydrogens (primary N) is 1. The van der Waals surface area contributed by atoms with Crippen molar-refractivity contribution in [3.05, 3.63) is 35.6 Å². The fourth-order valence-electron chi connectivity index (χ4n) is 2.18. The van der Waals surface area contributed by atoms with Crippen LogP contribution in [0.3, 0.4) is 0 Å². The van der Waals surface area contributed by atoms with E-state index < -0.39 is 0 Å². The van der Waals surface area contributed by atoms with Gasteiger partial charge in [0.2, 0.25) is 0 Å². The van der Waals surface area contributed by atoms with Crippen LogP contribution < -0.4 is 11.1 Å². The zero-order valence-electron chi connectivity index (χ0n) is 12.2. The molecule has 0 amide bonds. The maximum absolute atomic E-state index is 12.9. The molecule has 0 saturated heterocycles. The largest absolute Gasteiger partial charge is 0.375 e. The van der Waals surface area contributed by atoms with Crippen molar-refractivity contribution in [1.29, 1.82) is 0 Å². The van der Waals surface area contributed by atoms with Gasteiger partial charge in [-0.1, -0.05) is 18.6 Å². The normalized spacial score (nSPS) is 16.8. The number of aliphatic imine (C=N–C) groups is 1. The van der Waals surface area contributed by atoms with Gasteiger partial charge in [-0.15, -0.1) is 24.0 Å². The van der Waals surface area contributed by atoms with Gasteiger partial charge in [-0.3, -0.25) is 4.99 Å². The van der Waals surface area contributed by atoms with E-state index in [0.29, 0.717) is 12.5 Å². The minimum absolute atomic E-state index is 0. The van der Waals surface area contributed by atoms with Crippen LogP contribution in [0.4, 0.5) is 4.39 Å². The second-order valence-electron chi connectivity index (χ2n) is 5.18. The molecule has 3 N–H and O–H groups in total. The van der Waals surface area contributed by atoms with E-state index in [0.717, 1.165) is 18.0 Å². The lowest BCUT2D eigenvalue weighted by Crippen LogP contribution is -2.37. The van der Waals surface area contributed by atoms with Crippen LogP contribution in [0.2, 0.25) is 0 Å². The van der Waals surface area contributed by atoms with E-state index in [-0.39, 0.29) is 35.9 Å². The molecule has 0 heterocycles. The van der Waals surface area contributed by atoms with Gasteiger partial charge in [-0.2, -0.15) is 0 Å². The molecule has 1 aliphatic rings. The molecule has 1 unspecified atom stereocenters. The van der Waals surface area contributed by atoms with Gasteiger partial charge in [-0.25, -0.2) is 4.39 Å². The Labute approximate surface area is 142 Å². The highest BCUT2D eigenvalue weighted by molar-refractivity contribution is 14.0. The van der Waals surface area contributed by atoms with Gasteiger partial charge >= 0.3 is 0 Å². The Balaban J connectivity index is 0.00000220. The molecular weight excluding hydrogens is 384 g/mol. The summed E-state index contributed by atoms with van der Waals surface area (Å²) in [6.07, 6.45) is 3.66. The van der Waals surface area contributed by atoms with Gasteiger partial charge in [0.25, 0.3) is 0 Å². The highest BCUT2D eigenvalue weighted by atomic mass is 127. The lowest BCUT2D eigenvalue weighted by molar-refractivity contribution is 0.111. The fraction of sp³-hybridized carbons (Fsp3) is 0.533. The molecule has 1 aromatic rings. The van der Waals surface area contributed by atoms with Gasteiger partial charge in [0.05, 0.1) is 6.54 Å². The smallest absolute Gasteiger partial charge is 0.188 e. The van der Waals surface area contributed by atoms with Crippen LogP contribution in [0, 0.1) is 11.7 Å². The average Bonchev–Trinajstić information content (AvgIpc) is 2.39. The van der Waals surface area contributed by atoms with E-state index in [1.165, 1.54) is 31.4 Å². The van der Waals surface area contributed by atoms with E-state index in [1.807, 2.05) is 0 Å². The number of nitrogens with one attached hydrogen (secondary N) is 1. The van der Waals surface area contributed by atoms with Crippen LogP contribution in [0.25, 0.3) is 0 Å². The highest BCUT2D eigenvalue weighted by Crippen LogP contribution is 2.25. The summed E-state index contributed by atoms with van der Waals surface area (Å²) in [5, 5.41) is 3.14. The molecule has 118 valence electrons. The van der Waals surface area contributed by atoms with Crippen molar-refractivity contribution in [2.24, 2.45) is 16.6 Å². The first kappa shape index (κ1) is 18.2. The second-order valence-corrected chi connectivity index (χ2v) is 5.18. The molecule has 0 bridgehead atoms. The minimum Gasteiger partial charge on any atom is -0.375 e. The molecule has 1 aromatic carbocycles. The quantitative estimate of drug-likeness (QED) is 0.433. The van der Waals surface area contributed by atoms with Crippen LogP contribution in [-0.4, -0.2) is 26.2 Å². The summed E-state index contributed by atoms with van der Waals surface area (Å²) in [6, 6.07) is 6.25. The minimum atomic E-state index is -0.256. The lowest BCUT2D eigenvalue weighted by atomic mass is 9.85. The highest BCUT2D eigenvalue weighted by Gasteiger charge is 2.17. The van der Waals surface area contributed by atoms with E-state index in [1.54, 1.807) is 19.2 Å². The molecule has 1 fully saturated rings. The number of benzene rings is 1. The molecule has 0 aliphatic heterocycles. The molecule has 1 saturated carbocycles. The van der Waals surface area contributed by atoms with Crippen molar-refractivity contribution in [3.63, 3.8) is 0 Å². The first-order valence-electron chi connectivity index (χ1n) is 7.01. The summed E-state index contributed by atoms with van der Waals surface area (Å²) in [4.78, 5) is 4.29. The third kappa shape index (κ3) is 5.78. The summed E-state index contributed by atoms with van der Waals surface area (Å²) in [5.41, 5.74) is 6.72. The Morgan fingerprint density at radius 3 is 2.62 bits per heavy atom. The van der Waals surface area contributed by atoms with Crippen molar-refractivity contribution in [2.45, 2.75) is 25.4 Å². The Bertz CT molecular complexity index is 449. The SMILES string of the molecule is COC(CN=C(N)NCC1CCC1)c1ccc(F)cc1.I. The number of ether oxygens (including phenoxy) is 1. The number of rotatable bonds is 6. The van der Waals surface area contributed by atoms with Crippen molar-refractivity contribution >= 4 is 29.9 Å². The monoisotopic (exact) mass is 407 g/mol. The molecule has 6 heteroatoms. The first-order chi connectivity index (χ1) is 9.69. The zero-order chi connectivity index (χ0) is 14.4. The third-order valence-electron chi connectivity index (χ3n) is 3.75. The summed E-state index contributed by atoms with van der Waals surface area (Å²) in [5.74, 6) is 0.925. The zero-order valence-corrected chi connectivity index (χ0v) is 14.5. The number of halogens is 2. The molecule has 0 radical (unpaired) electrons. The van der Waals surface area contributed by atoms with Gasteiger partial charge in [0.1, 0.15) is 11.9 Å². The number of methoxy groups -OCH3 is 1. The molecule has 2 rings (SSSR count). The number of nitrogens with zero attached hydrogens (tertiary/aromatic N) is 1. The predicted molar refractivity (Wildman–Crippen MR) is 93.4 cm³/mol.